The van der Waals surface area contributed by atoms with Gasteiger partial charge >= 0.3 is 0 Å². The molecule has 0 radical (unpaired) electrons. The van der Waals surface area contributed by atoms with E-state index in [9.17, 15) is 5.11 Å². The number of nitrogens with one attached hydrogen (secondary N) is 1. The SMILES string of the molecule is CC(=N)/C(C)=C(\O)c1ccccc1. The minimum atomic E-state index is 0.188. The van der Waals surface area contributed by atoms with Gasteiger partial charge < -0.3 is 10.5 Å². The first-order valence-electron chi connectivity index (χ1n) is 4.13. The molecule has 2 heteroatoms. The first-order valence-corrected chi connectivity index (χ1v) is 4.13. The van der Waals surface area contributed by atoms with Crippen molar-refractivity contribution in [3.05, 3.63) is 41.5 Å². The van der Waals surface area contributed by atoms with E-state index >= 15 is 0 Å². The van der Waals surface area contributed by atoms with Gasteiger partial charge in [0.05, 0.1) is 0 Å². The number of allylic oxidation sites excluding steroid dienone is 1. The molecular weight excluding hydrogens is 162 g/mol. The summed E-state index contributed by atoms with van der Waals surface area (Å²) in [6.45, 7) is 3.40. The van der Waals surface area contributed by atoms with Gasteiger partial charge in [-0.3, -0.25) is 0 Å². The summed E-state index contributed by atoms with van der Waals surface area (Å²) in [5.74, 6) is 0.188. The van der Waals surface area contributed by atoms with Crippen molar-refractivity contribution in [2.45, 2.75) is 13.8 Å². The lowest BCUT2D eigenvalue weighted by Crippen LogP contribution is -1.96. The molecule has 0 spiro atoms. The predicted molar refractivity (Wildman–Crippen MR) is 55.1 cm³/mol. The van der Waals surface area contributed by atoms with E-state index in [0.29, 0.717) is 11.3 Å². The second-order valence-electron chi connectivity index (χ2n) is 2.96. The maximum Gasteiger partial charge on any atom is 0.127 e. The molecule has 2 N–H and O–H groups in total. The van der Waals surface area contributed by atoms with Crippen molar-refractivity contribution < 1.29 is 5.11 Å². The first-order chi connectivity index (χ1) is 6.13. The van der Waals surface area contributed by atoms with Gasteiger partial charge in [-0.15, -0.1) is 0 Å². The molecule has 0 atom stereocenters. The van der Waals surface area contributed by atoms with Crippen LogP contribution in [0.2, 0.25) is 0 Å². The molecule has 0 fully saturated rings. The van der Waals surface area contributed by atoms with Crippen LogP contribution in [0.4, 0.5) is 0 Å². The number of hydrogen-bond acceptors (Lipinski definition) is 2. The Hall–Kier alpha value is -1.57. The highest BCUT2D eigenvalue weighted by molar-refractivity contribution is 6.00. The smallest absolute Gasteiger partial charge is 0.127 e. The third-order valence-electron chi connectivity index (χ3n) is 1.96. The predicted octanol–water partition coefficient (Wildman–Crippen LogP) is 3.02. The summed E-state index contributed by atoms with van der Waals surface area (Å²) >= 11 is 0. The van der Waals surface area contributed by atoms with Gasteiger partial charge in [-0.2, -0.15) is 0 Å². The number of aliphatic hydroxyl groups excluding tert-OH is 1. The van der Waals surface area contributed by atoms with Crippen LogP contribution in [0.25, 0.3) is 5.76 Å². The average molecular weight is 175 g/mol. The molecule has 0 aliphatic rings. The quantitative estimate of drug-likeness (QED) is 0.526. The summed E-state index contributed by atoms with van der Waals surface area (Å²) in [4.78, 5) is 0. The largest absolute Gasteiger partial charge is 0.507 e. The van der Waals surface area contributed by atoms with Crippen LogP contribution < -0.4 is 0 Å². The van der Waals surface area contributed by atoms with Crippen LogP contribution in [-0.2, 0) is 0 Å². The molecule has 0 saturated heterocycles. The Morgan fingerprint density at radius 3 is 2.15 bits per heavy atom. The molecular formula is C11H13NO. The fourth-order valence-corrected chi connectivity index (χ4v) is 0.990. The summed E-state index contributed by atoms with van der Waals surface area (Å²) in [6, 6.07) is 9.25. The number of hydrogen-bond donors (Lipinski definition) is 2. The Morgan fingerprint density at radius 2 is 1.69 bits per heavy atom. The van der Waals surface area contributed by atoms with Crippen LogP contribution in [0.15, 0.2) is 35.9 Å². The highest BCUT2D eigenvalue weighted by atomic mass is 16.3. The molecule has 1 aromatic carbocycles. The number of aliphatic hydroxyl groups is 1. The average Bonchev–Trinajstić information content (AvgIpc) is 2.17. The monoisotopic (exact) mass is 175 g/mol. The minimum absolute atomic E-state index is 0.188. The maximum atomic E-state index is 9.70. The van der Waals surface area contributed by atoms with Crippen molar-refractivity contribution in [1.82, 2.24) is 0 Å². The second kappa shape index (κ2) is 3.90. The molecule has 0 bridgehead atoms. The summed E-state index contributed by atoms with van der Waals surface area (Å²) in [6.07, 6.45) is 0. The van der Waals surface area contributed by atoms with Crippen molar-refractivity contribution in [1.29, 1.82) is 5.41 Å². The maximum absolute atomic E-state index is 9.70. The van der Waals surface area contributed by atoms with E-state index in [1.807, 2.05) is 30.3 Å². The van der Waals surface area contributed by atoms with E-state index in [0.717, 1.165) is 5.56 Å². The molecule has 0 amide bonds. The third-order valence-corrected chi connectivity index (χ3v) is 1.96. The zero-order chi connectivity index (χ0) is 9.84. The van der Waals surface area contributed by atoms with Crippen LogP contribution in [0, 0.1) is 5.41 Å². The minimum Gasteiger partial charge on any atom is -0.507 e. The number of benzene rings is 1. The van der Waals surface area contributed by atoms with E-state index in [1.165, 1.54) is 0 Å². The van der Waals surface area contributed by atoms with Gasteiger partial charge in [0.1, 0.15) is 5.76 Å². The zero-order valence-corrected chi connectivity index (χ0v) is 7.83. The lowest BCUT2D eigenvalue weighted by atomic mass is 10.1. The van der Waals surface area contributed by atoms with Gasteiger partial charge in [-0.05, 0) is 13.8 Å². The van der Waals surface area contributed by atoms with E-state index in [4.69, 9.17) is 5.41 Å². The van der Waals surface area contributed by atoms with Gasteiger partial charge in [0.2, 0.25) is 0 Å². The van der Waals surface area contributed by atoms with Crippen LogP contribution in [0.1, 0.15) is 19.4 Å². The van der Waals surface area contributed by atoms with E-state index < -0.39 is 0 Å². The van der Waals surface area contributed by atoms with Crippen LogP contribution >= 0.6 is 0 Å². The fourth-order valence-electron chi connectivity index (χ4n) is 0.990. The lowest BCUT2D eigenvalue weighted by Gasteiger charge is -2.04. The molecule has 0 aliphatic carbocycles. The fraction of sp³-hybridized carbons (Fsp3) is 0.182. The lowest BCUT2D eigenvalue weighted by molar-refractivity contribution is 0.509. The topological polar surface area (TPSA) is 44.1 Å². The molecule has 0 unspecified atom stereocenters. The van der Waals surface area contributed by atoms with Gasteiger partial charge in [0.15, 0.2) is 0 Å². The Bertz CT molecular complexity index is 338. The van der Waals surface area contributed by atoms with Crippen LogP contribution in [0.3, 0.4) is 0 Å². The Labute approximate surface area is 78.0 Å². The standard InChI is InChI=1S/C11H13NO/c1-8(9(2)12)11(13)10-6-4-3-5-7-10/h3-7,12-13H,1-2H3/b11-8-,12-9?. The van der Waals surface area contributed by atoms with Crippen molar-refractivity contribution in [3.8, 4) is 0 Å². The molecule has 68 valence electrons. The summed E-state index contributed by atoms with van der Waals surface area (Å²) < 4.78 is 0. The van der Waals surface area contributed by atoms with Crippen LogP contribution in [-0.4, -0.2) is 10.8 Å². The second-order valence-corrected chi connectivity index (χ2v) is 2.96. The Morgan fingerprint density at radius 1 is 1.15 bits per heavy atom. The molecule has 0 heterocycles. The first kappa shape index (κ1) is 9.52. The van der Waals surface area contributed by atoms with Crippen molar-refractivity contribution in [3.63, 3.8) is 0 Å². The Kier molecular flexibility index (Phi) is 2.85. The van der Waals surface area contributed by atoms with Crippen molar-refractivity contribution >= 4 is 11.5 Å². The van der Waals surface area contributed by atoms with Gasteiger partial charge in [-0.1, -0.05) is 30.3 Å². The molecule has 0 aromatic heterocycles. The summed E-state index contributed by atoms with van der Waals surface area (Å²) in [7, 11) is 0. The van der Waals surface area contributed by atoms with Crippen molar-refractivity contribution in [2.75, 3.05) is 0 Å². The molecule has 1 aromatic rings. The van der Waals surface area contributed by atoms with E-state index in [2.05, 4.69) is 0 Å². The summed E-state index contributed by atoms with van der Waals surface area (Å²) in [5, 5.41) is 17.1. The normalized spacial score (nSPS) is 12.2. The molecule has 1 rings (SSSR count). The van der Waals surface area contributed by atoms with E-state index in [-0.39, 0.29) is 5.76 Å². The highest BCUT2D eigenvalue weighted by Gasteiger charge is 2.03. The van der Waals surface area contributed by atoms with Gasteiger partial charge in [0.25, 0.3) is 0 Å². The van der Waals surface area contributed by atoms with Crippen LogP contribution in [0.5, 0.6) is 0 Å². The number of rotatable bonds is 2. The summed E-state index contributed by atoms with van der Waals surface area (Å²) in [5.41, 5.74) is 1.76. The van der Waals surface area contributed by atoms with E-state index in [1.54, 1.807) is 13.8 Å². The molecule has 0 aliphatic heterocycles. The zero-order valence-electron chi connectivity index (χ0n) is 7.83. The molecule has 13 heavy (non-hydrogen) atoms. The highest BCUT2D eigenvalue weighted by Crippen LogP contribution is 2.15. The molecule has 2 nitrogen and oxygen atoms in total. The van der Waals surface area contributed by atoms with Crippen molar-refractivity contribution in [2.24, 2.45) is 0 Å². The molecule has 0 saturated carbocycles. The third kappa shape index (κ3) is 2.18. The Balaban J connectivity index is 3.11. The van der Waals surface area contributed by atoms with Gasteiger partial charge in [0, 0.05) is 16.8 Å². The van der Waals surface area contributed by atoms with Gasteiger partial charge in [-0.25, -0.2) is 0 Å².